The highest BCUT2D eigenvalue weighted by atomic mass is 19.4. The van der Waals surface area contributed by atoms with Gasteiger partial charge in [-0.15, -0.1) is 0 Å². The summed E-state index contributed by atoms with van der Waals surface area (Å²) in [7, 11) is 0. The predicted octanol–water partition coefficient (Wildman–Crippen LogP) is 4.67. The molecule has 1 aromatic heterocycles. The van der Waals surface area contributed by atoms with Crippen molar-refractivity contribution in [1.82, 2.24) is 4.98 Å². The smallest absolute Gasteiger partial charge is 0.416 e. The monoisotopic (exact) mass is 388 g/mol. The van der Waals surface area contributed by atoms with Crippen LogP contribution in [-0.4, -0.2) is 31.3 Å². The molecular weight excluding hydrogens is 369 g/mol. The van der Waals surface area contributed by atoms with Gasteiger partial charge in [0.2, 0.25) is 0 Å². The molecule has 1 aliphatic heterocycles. The lowest BCUT2D eigenvalue weighted by Gasteiger charge is -2.28. The van der Waals surface area contributed by atoms with E-state index in [9.17, 15) is 13.2 Å². The van der Waals surface area contributed by atoms with Crippen molar-refractivity contribution in [2.75, 3.05) is 31.2 Å². The van der Waals surface area contributed by atoms with Gasteiger partial charge in [-0.25, -0.2) is 4.98 Å². The minimum Gasteiger partial charge on any atom is -0.487 e. The average Bonchev–Trinajstić information content (AvgIpc) is 2.72. The van der Waals surface area contributed by atoms with E-state index in [1.54, 1.807) is 0 Å². The first-order valence-corrected chi connectivity index (χ1v) is 9.02. The summed E-state index contributed by atoms with van der Waals surface area (Å²) in [5.41, 5.74) is 0.728. The van der Waals surface area contributed by atoms with E-state index in [-0.39, 0.29) is 6.61 Å². The second kappa shape index (κ2) is 7.67. The van der Waals surface area contributed by atoms with Crippen LogP contribution in [0.15, 0.2) is 54.6 Å². The number of ether oxygens (including phenoxy) is 2. The van der Waals surface area contributed by atoms with Crippen LogP contribution in [0.5, 0.6) is 5.75 Å². The van der Waals surface area contributed by atoms with Crippen LogP contribution in [-0.2, 0) is 17.5 Å². The van der Waals surface area contributed by atoms with E-state index in [0.29, 0.717) is 24.5 Å². The van der Waals surface area contributed by atoms with Gasteiger partial charge in [0.1, 0.15) is 23.7 Å². The number of fused-ring (bicyclic) bond motifs is 1. The molecule has 0 atom stereocenters. The first-order valence-electron chi connectivity index (χ1n) is 9.02. The van der Waals surface area contributed by atoms with Crippen LogP contribution in [0.1, 0.15) is 11.1 Å². The number of alkyl halides is 3. The molecule has 0 unspecified atom stereocenters. The van der Waals surface area contributed by atoms with Gasteiger partial charge in [-0.3, -0.25) is 0 Å². The van der Waals surface area contributed by atoms with Crippen LogP contribution in [0.2, 0.25) is 0 Å². The number of anilines is 1. The van der Waals surface area contributed by atoms with Crippen molar-refractivity contribution in [3.63, 3.8) is 0 Å². The highest BCUT2D eigenvalue weighted by Gasteiger charge is 2.29. The van der Waals surface area contributed by atoms with Crippen molar-refractivity contribution in [1.29, 1.82) is 0 Å². The third kappa shape index (κ3) is 4.04. The van der Waals surface area contributed by atoms with E-state index >= 15 is 0 Å². The molecule has 3 aromatic rings. The largest absolute Gasteiger partial charge is 0.487 e. The Labute approximate surface area is 160 Å². The van der Waals surface area contributed by atoms with E-state index in [1.807, 2.05) is 30.3 Å². The van der Waals surface area contributed by atoms with Crippen molar-refractivity contribution in [2.24, 2.45) is 0 Å². The Morgan fingerprint density at radius 2 is 1.71 bits per heavy atom. The molecule has 4 rings (SSSR count). The molecule has 4 nitrogen and oxygen atoms in total. The summed E-state index contributed by atoms with van der Waals surface area (Å²) in [4.78, 5) is 6.92. The number of halogens is 3. The molecule has 2 aromatic carbocycles. The minimum absolute atomic E-state index is 0.167. The molecule has 0 amide bonds. The maximum atomic E-state index is 12.7. The summed E-state index contributed by atoms with van der Waals surface area (Å²) in [6, 6.07) is 14.6. The molecule has 146 valence electrons. The maximum absolute atomic E-state index is 12.7. The first kappa shape index (κ1) is 18.6. The van der Waals surface area contributed by atoms with Crippen molar-refractivity contribution in [3.05, 3.63) is 65.7 Å². The molecule has 28 heavy (non-hydrogen) atoms. The van der Waals surface area contributed by atoms with E-state index in [4.69, 9.17) is 14.5 Å². The number of morpholine rings is 1. The Hall–Kier alpha value is -2.80. The summed E-state index contributed by atoms with van der Waals surface area (Å²) in [5.74, 6) is 1.47. The van der Waals surface area contributed by atoms with Crippen molar-refractivity contribution < 1.29 is 22.6 Å². The Bertz CT molecular complexity index is 952. The van der Waals surface area contributed by atoms with Gasteiger partial charge in [0.25, 0.3) is 0 Å². The summed E-state index contributed by atoms with van der Waals surface area (Å²) in [6.45, 7) is 3.08. The van der Waals surface area contributed by atoms with Gasteiger partial charge in [-0.2, -0.15) is 13.2 Å². The average molecular weight is 388 g/mol. The summed E-state index contributed by atoms with van der Waals surface area (Å²) < 4.78 is 49.3. The molecule has 1 aliphatic rings. The fourth-order valence-electron chi connectivity index (χ4n) is 3.15. The second-order valence-corrected chi connectivity index (χ2v) is 6.58. The minimum atomic E-state index is -4.34. The molecule has 0 bridgehead atoms. The Kier molecular flexibility index (Phi) is 5.09. The van der Waals surface area contributed by atoms with Gasteiger partial charge in [-0.05, 0) is 35.9 Å². The zero-order valence-electron chi connectivity index (χ0n) is 15.1. The predicted molar refractivity (Wildman–Crippen MR) is 101 cm³/mol. The fourth-order valence-corrected chi connectivity index (χ4v) is 3.15. The number of pyridine rings is 1. The quantitative estimate of drug-likeness (QED) is 0.651. The van der Waals surface area contributed by atoms with Crippen LogP contribution in [0.4, 0.5) is 19.0 Å². The van der Waals surface area contributed by atoms with E-state index in [2.05, 4.69) is 4.90 Å². The van der Waals surface area contributed by atoms with E-state index in [0.717, 1.165) is 41.9 Å². The van der Waals surface area contributed by atoms with Crippen LogP contribution in [0, 0.1) is 0 Å². The Balaban J connectivity index is 1.54. The number of nitrogens with zero attached hydrogens (tertiary/aromatic N) is 2. The molecule has 1 fully saturated rings. The molecule has 0 radical (unpaired) electrons. The molecule has 0 aliphatic carbocycles. The lowest BCUT2D eigenvalue weighted by molar-refractivity contribution is -0.137. The summed E-state index contributed by atoms with van der Waals surface area (Å²) >= 11 is 0. The number of benzene rings is 2. The van der Waals surface area contributed by atoms with Crippen LogP contribution < -0.4 is 9.64 Å². The van der Waals surface area contributed by atoms with Gasteiger partial charge in [0.05, 0.1) is 18.8 Å². The Morgan fingerprint density at radius 1 is 0.964 bits per heavy atom. The Morgan fingerprint density at radius 3 is 2.43 bits per heavy atom. The summed E-state index contributed by atoms with van der Waals surface area (Å²) in [5, 5.41) is 0.946. The molecule has 2 heterocycles. The molecule has 0 spiro atoms. The van der Waals surface area contributed by atoms with E-state index < -0.39 is 11.7 Å². The SMILES string of the molecule is FC(F)(F)c1ccc(COc2cccc3ccc(N4CCOCC4)nc23)cc1. The van der Waals surface area contributed by atoms with Crippen molar-refractivity contribution >= 4 is 16.7 Å². The second-order valence-electron chi connectivity index (χ2n) is 6.58. The normalized spacial score (nSPS) is 15.0. The molecule has 1 saturated heterocycles. The standard InChI is InChI=1S/C21H19F3N2O2/c22-21(23,24)17-7-4-15(5-8-17)14-28-18-3-1-2-16-6-9-19(25-20(16)18)26-10-12-27-13-11-26/h1-9H,10-14H2. The van der Waals surface area contributed by atoms with Gasteiger partial charge in [-0.1, -0.05) is 24.3 Å². The van der Waals surface area contributed by atoms with Crippen molar-refractivity contribution in [2.45, 2.75) is 12.8 Å². The lowest BCUT2D eigenvalue weighted by Crippen LogP contribution is -2.36. The van der Waals surface area contributed by atoms with Crippen molar-refractivity contribution in [3.8, 4) is 5.75 Å². The maximum Gasteiger partial charge on any atom is 0.416 e. The fraction of sp³-hybridized carbons (Fsp3) is 0.286. The summed E-state index contributed by atoms with van der Waals surface area (Å²) in [6.07, 6.45) is -4.34. The van der Waals surface area contributed by atoms with Gasteiger partial charge < -0.3 is 14.4 Å². The van der Waals surface area contributed by atoms with Crippen LogP contribution in [0.25, 0.3) is 10.9 Å². The zero-order valence-corrected chi connectivity index (χ0v) is 15.1. The number of hydrogen-bond donors (Lipinski definition) is 0. The van der Waals surface area contributed by atoms with Gasteiger partial charge in [0.15, 0.2) is 0 Å². The topological polar surface area (TPSA) is 34.6 Å². The number of rotatable bonds is 4. The number of para-hydroxylation sites is 1. The van der Waals surface area contributed by atoms with Gasteiger partial charge in [0, 0.05) is 18.5 Å². The zero-order chi connectivity index (χ0) is 19.6. The van der Waals surface area contributed by atoms with Crippen LogP contribution >= 0.6 is 0 Å². The third-order valence-corrected chi connectivity index (χ3v) is 4.68. The molecule has 0 N–H and O–H groups in total. The molecule has 7 heteroatoms. The van der Waals surface area contributed by atoms with Gasteiger partial charge >= 0.3 is 6.18 Å². The number of aromatic nitrogens is 1. The lowest BCUT2D eigenvalue weighted by atomic mass is 10.1. The van der Waals surface area contributed by atoms with Crippen LogP contribution in [0.3, 0.4) is 0 Å². The molecular formula is C21H19F3N2O2. The highest BCUT2D eigenvalue weighted by molar-refractivity contribution is 5.86. The molecule has 0 saturated carbocycles. The highest BCUT2D eigenvalue weighted by Crippen LogP contribution is 2.30. The first-order chi connectivity index (χ1) is 13.5. The van der Waals surface area contributed by atoms with E-state index in [1.165, 1.54) is 12.1 Å². The number of hydrogen-bond acceptors (Lipinski definition) is 4. The third-order valence-electron chi connectivity index (χ3n) is 4.68.